The van der Waals surface area contributed by atoms with Gasteiger partial charge in [-0.25, -0.2) is 18.3 Å². The molecule has 2 aromatic heterocycles. The molecule has 4 aromatic rings. The van der Waals surface area contributed by atoms with Crippen molar-refractivity contribution >= 4 is 22.1 Å². The van der Waals surface area contributed by atoms with E-state index in [1.165, 1.54) is 65.8 Å². The first kappa shape index (κ1) is 19.7. The van der Waals surface area contributed by atoms with Crippen molar-refractivity contribution in [3.63, 3.8) is 0 Å². The van der Waals surface area contributed by atoms with E-state index in [4.69, 9.17) is 0 Å². The van der Waals surface area contributed by atoms with Gasteiger partial charge in [-0.15, -0.1) is 0 Å². The standard InChI is InChI=1S/C25H34N4/c1-26-20-14-10-11-15-21(20)27(2)24(26)18-8-6-5-7-9-19-25-28(3)22-16-12-13-17-23(22)29(25)4/h10-17H,5-9,18-19H2,1-4H3/q+2. The maximum absolute atomic E-state index is 2.36. The molecule has 0 amide bonds. The smallest absolute Gasteiger partial charge is 0.230 e. The average Bonchev–Trinajstić information content (AvgIpc) is 3.13. The van der Waals surface area contributed by atoms with Gasteiger partial charge in [0.05, 0.1) is 28.2 Å². The molecule has 2 aromatic carbocycles. The summed E-state index contributed by atoms with van der Waals surface area (Å²) in [6.45, 7) is 0. The molecule has 0 aliphatic carbocycles. The summed E-state index contributed by atoms with van der Waals surface area (Å²) in [4.78, 5) is 0. The highest BCUT2D eigenvalue weighted by Crippen LogP contribution is 2.16. The van der Waals surface area contributed by atoms with Gasteiger partial charge in [0.2, 0.25) is 0 Å². The van der Waals surface area contributed by atoms with Crippen LogP contribution in [0.3, 0.4) is 0 Å². The fourth-order valence-electron chi connectivity index (χ4n) is 4.84. The van der Waals surface area contributed by atoms with Crippen molar-refractivity contribution < 1.29 is 9.13 Å². The molecule has 29 heavy (non-hydrogen) atoms. The number of aryl methyl sites for hydroxylation is 4. The molecule has 0 saturated heterocycles. The Labute approximate surface area is 174 Å². The van der Waals surface area contributed by atoms with E-state index >= 15 is 0 Å². The molecule has 4 heteroatoms. The molecule has 0 atom stereocenters. The van der Waals surface area contributed by atoms with Crippen molar-refractivity contribution in [2.24, 2.45) is 28.2 Å². The van der Waals surface area contributed by atoms with E-state index < -0.39 is 0 Å². The van der Waals surface area contributed by atoms with Crippen LogP contribution in [0.4, 0.5) is 0 Å². The second-order valence-electron chi connectivity index (χ2n) is 8.31. The molecule has 0 aliphatic rings. The van der Waals surface area contributed by atoms with E-state index in [1.54, 1.807) is 0 Å². The summed E-state index contributed by atoms with van der Waals surface area (Å²) < 4.78 is 9.43. The molecule has 0 bridgehead atoms. The number of hydrogen-bond acceptors (Lipinski definition) is 0. The quantitative estimate of drug-likeness (QED) is 0.319. The largest absolute Gasteiger partial charge is 0.256 e. The Bertz CT molecular complexity index is 965. The summed E-state index contributed by atoms with van der Waals surface area (Å²) in [5.74, 6) is 2.85. The molecule has 0 radical (unpaired) electrons. The molecule has 4 rings (SSSR count). The number of aromatic nitrogens is 4. The van der Waals surface area contributed by atoms with Gasteiger partial charge in [0.15, 0.2) is 22.1 Å². The highest BCUT2D eigenvalue weighted by atomic mass is 15.1. The first-order valence-corrected chi connectivity index (χ1v) is 10.9. The van der Waals surface area contributed by atoms with E-state index in [0.717, 1.165) is 12.8 Å². The molecule has 2 heterocycles. The maximum atomic E-state index is 2.36. The van der Waals surface area contributed by atoms with Gasteiger partial charge in [-0.2, -0.15) is 0 Å². The molecule has 152 valence electrons. The van der Waals surface area contributed by atoms with Crippen molar-refractivity contribution in [2.75, 3.05) is 0 Å². The maximum Gasteiger partial charge on any atom is 0.256 e. The zero-order valence-electron chi connectivity index (χ0n) is 18.4. The van der Waals surface area contributed by atoms with Gasteiger partial charge < -0.3 is 0 Å². The van der Waals surface area contributed by atoms with Gasteiger partial charge in [0, 0.05) is 12.8 Å². The van der Waals surface area contributed by atoms with Crippen LogP contribution in [0.2, 0.25) is 0 Å². The lowest BCUT2D eigenvalue weighted by Crippen LogP contribution is -2.32. The Morgan fingerprint density at radius 2 is 0.966 bits per heavy atom. The zero-order chi connectivity index (χ0) is 20.4. The van der Waals surface area contributed by atoms with Crippen molar-refractivity contribution in [1.29, 1.82) is 0 Å². The Morgan fingerprint density at radius 3 is 1.38 bits per heavy atom. The van der Waals surface area contributed by atoms with Crippen LogP contribution < -0.4 is 9.13 Å². The second-order valence-corrected chi connectivity index (χ2v) is 8.31. The highest BCUT2D eigenvalue weighted by Gasteiger charge is 2.20. The molecule has 0 unspecified atom stereocenters. The third kappa shape index (κ3) is 3.68. The SMILES string of the molecule is Cn1c(CCCCCCCc2n(C)c3ccccc3[n+]2C)[n+](C)c2ccccc21. The molecule has 0 aliphatic heterocycles. The van der Waals surface area contributed by atoms with E-state index in [2.05, 4.69) is 95.0 Å². The lowest BCUT2D eigenvalue weighted by molar-refractivity contribution is -0.654. The summed E-state index contributed by atoms with van der Waals surface area (Å²) in [7, 11) is 8.78. The summed E-state index contributed by atoms with van der Waals surface area (Å²) >= 11 is 0. The van der Waals surface area contributed by atoms with Gasteiger partial charge in [-0.05, 0) is 37.1 Å². The molecular weight excluding hydrogens is 356 g/mol. The van der Waals surface area contributed by atoms with Crippen LogP contribution in [0.5, 0.6) is 0 Å². The van der Waals surface area contributed by atoms with Crippen LogP contribution in [0.15, 0.2) is 48.5 Å². The number of rotatable bonds is 8. The number of unbranched alkanes of at least 4 members (excludes halogenated alkanes) is 4. The van der Waals surface area contributed by atoms with Crippen LogP contribution in [0.1, 0.15) is 43.8 Å². The van der Waals surface area contributed by atoms with Gasteiger partial charge in [0.1, 0.15) is 0 Å². The van der Waals surface area contributed by atoms with Gasteiger partial charge in [-0.1, -0.05) is 43.5 Å². The Morgan fingerprint density at radius 1 is 0.586 bits per heavy atom. The van der Waals surface area contributed by atoms with Crippen molar-refractivity contribution in [3.05, 3.63) is 60.2 Å². The number of para-hydroxylation sites is 4. The van der Waals surface area contributed by atoms with Crippen LogP contribution in [-0.2, 0) is 41.0 Å². The molecule has 0 N–H and O–H groups in total. The highest BCUT2D eigenvalue weighted by molar-refractivity contribution is 5.72. The minimum Gasteiger partial charge on any atom is -0.230 e. The third-order valence-corrected chi connectivity index (χ3v) is 6.56. The Kier molecular flexibility index (Phi) is 5.70. The van der Waals surface area contributed by atoms with Crippen molar-refractivity contribution in [3.8, 4) is 0 Å². The number of benzene rings is 2. The van der Waals surface area contributed by atoms with Gasteiger partial charge in [-0.3, -0.25) is 0 Å². The monoisotopic (exact) mass is 390 g/mol. The van der Waals surface area contributed by atoms with E-state index in [0.29, 0.717) is 0 Å². The molecule has 0 fully saturated rings. The summed E-state index contributed by atoms with van der Waals surface area (Å²) in [6, 6.07) is 17.4. The summed E-state index contributed by atoms with van der Waals surface area (Å²) in [5.41, 5.74) is 5.31. The first-order chi connectivity index (χ1) is 14.1. The Balaban J connectivity index is 1.25. The van der Waals surface area contributed by atoms with Crippen molar-refractivity contribution in [2.45, 2.75) is 44.9 Å². The normalized spacial score (nSPS) is 11.7. The number of fused-ring (bicyclic) bond motifs is 2. The van der Waals surface area contributed by atoms with E-state index in [9.17, 15) is 0 Å². The van der Waals surface area contributed by atoms with Gasteiger partial charge in [0.25, 0.3) is 11.6 Å². The molecule has 4 nitrogen and oxygen atoms in total. The van der Waals surface area contributed by atoms with E-state index in [-0.39, 0.29) is 0 Å². The number of nitrogens with zero attached hydrogens (tertiary/aromatic N) is 4. The zero-order valence-corrected chi connectivity index (χ0v) is 18.4. The fraction of sp³-hybridized carbons (Fsp3) is 0.440. The first-order valence-electron chi connectivity index (χ1n) is 10.9. The summed E-state index contributed by atoms with van der Waals surface area (Å²) in [5, 5.41) is 0. The second kappa shape index (κ2) is 8.40. The minimum absolute atomic E-state index is 1.15. The van der Waals surface area contributed by atoms with Crippen LogP contribution >= 0.6 is 0 Å². The van der Waals surface area contributed by atoms with Gasteiger partial charge >= 0.3 is 0 Å². The molecule has 0 saturated carbocycles. The third-order valence-electron chi connectivity index (χ3n) is 6.56. The summed E-state index contributed by atoms with van der Waals surface area (Å²) in [6.07, 6.45) is 8.77. The topological polar surface area (TPSA) is 17.6 Å². The van der Waals surface area contributed by atoms with E-state index in [1.807, 2.05) is 0 Å². The predicted molar refractivity (Wildman–Crippen MR) is 119 cm³/mol. The van der Waals surface area contributed by atoms with Crippen LogP contribution in [0, 0.1) is 0 Å². The fourth-order valence-corrected chi connectivity index (χ4v) is 4.84. The Hall–Kier alpha value is -2.62. The number of imidazole rings is 2. The average molecular weight is 391 g/mol. The lowest BCUT2D eigenvalue weighted by Gasteiger charge is -2.02. The minimum atomic E-state index is 1.15. The lowest BCUT2D eigenvalue weighted by atomic mass is 10.1. The van der Waals surface area contributed by atoms with Crippen LogP contribution in [-0.4, -0.2) is 9.13 Å². The molecule has 0 spiro atoms. The van der Waals surface area contributed by atoms with Crippen LogP contribution in [0.25, 0.3) is 22.1 Å². The number of hydrogen-bond donors (Lipinski definition) is 0. The van der Waals surface area contributed by atoms with Crippen molar-refractivity contribution in [1.82, 2.24) is 9.13 Å². The predicted octanol–water partition coefficient (Wildman–Crippen LogP) is 4.05. The molecular formula is C25H34N4+2.